The van der Waals surface area contributed by atoms with E-state index in [-0.39, 0.29) is 43.8 Å². The smallest absolute Gasteiger partial charge is 0.243 e. The van der Waals surface area contributed by atoms with Gasteiger partial charge in [-0.3, -0.25) is 13.9 Å². The lowest BCUT2D eigenvalue weighted by atomic mass is 10.1. The summed E-state index contributed by atoms with van der Waals surface area (Å²) in [6, 6.07) is 9.94. The maximum atomic E-state index is 13.6. The Balaban J connectivity index is 2.31. The fraction of sp³-hybridized carbons (Fsp3) is 0.500. The second-order valence-corrected chi connectivity index (χ2v) is 12.5. The van der Waals surface area contributed by atoms with Gasteiger partial charge < -0.3 is 10.2 Å². The van der Waals surface area contributed by atoms with Crippen LogP contribution in [0.2, 0.25) is 10.0 Å². The molecule has 0 aliphatic rings. The Bertz CT molecular complexity index is 1200. The molecule has 0 saturated heterocycles. The van der Waals surface area contributed by atoms with E-state index in [1.165, 1.54) is 9.21 Å². The van der Waals surface area contributed by atoms with Crippen LogP contribution in [0.3, 0.4) is 0 Å². The first-order chi connectivity index (χ1) is 17.8. The van der Waals surface area contributed by atoms with Crippen LogP contribution in [0.5, 0.6) is 0 Å². The average molecular weight is 585 g/mol. The highest BCUT2D eigenvalue weighted by Gasteiger charge is 2.30. The van der Waals surface area contributed by atoms with Crippen molar-refractivity contribution in [2.45, 2.75) is 78.9 Å². The van der Waals surface area contributed by atoms with Gasteiger partial charge in [0.05, 0.1) is 11.9 Å². The van der Waals surface area contributed by atoms with E-state index in [1.54, 1.807) is 18.2 Å². The van der Waals surface area contributed by atoms with Crippen molar-refractivity contribution in [1.82, 2.24) is 10.2 Å². The number of rotatable bonds is 13. The van der Waals surface area contributed by atoms with Gasteiger partial charge in [-0.25, -0.2) is 8.42 Å². The minimum Gasteiger partial charge on any atom is -0.352 e. The molecule has 2 aromatic carbocycles. The Labute approximate surface area is 237 Å². The van der Waals surface area contributed by atoms with E-state index < -0.39 is 16.1 Å². The van der Waals surface area contributed by atoms with Crippen molar-refractivity contribution in [3.63, 3.8) is 0 Å². The van der Waals surface area contributed by atoms with Gasteiger partial charge in [-0.2, -0.15) is 0 Å². The SMILES string of the molecule is CC[C@H](C(=O)N[C@@H](C)CC)N(Cc1c(Cl)cccc1Cl)C(=O)CCCN(c1cc(C)cc(C)c1)S(C)(=O)=O. The molecule has 0 saturated carbocycles. The third kappa shape index (κ3) is 8.89. The van der Waals surface area contributed by atoms with E-state index in [2.05, 4.69) is 5.32 Å². The number of sulfonamides is 1. The van der Waals surface area contributed by atoms with Crippen molar-refractivity contribution < 1.29 is 18.0 Å². The Hall–Kier alpha value is -2.29. The molecule has 2 aromatic rings. The van der Waals surface area contributed by atoms with Crippen LogP contribution < -0.4 is 9.62 Å². The van der Waals surface area contributed by atoms with Gasteiger partial charge in [0.1, 0.15) is 6.04 Å². The van der Waals surface area contributed by atoms with Gasteiger partial charge in [0.2, 0.25) is 21.8 Å². The minimum absolute atomic E-state index is 0.0430. The number of hydrogen-bond donors (Lipinski definition) is 1. The van der Waals surface area contributed by atoms with Gasteiger partial charge in [0.25, 0.3) is 0 Å². The molecule has 0 fully saturated rings. The van der Waals surface area contributed by atoms with E-state index in [4.69, 9.17) is 23.2 Å². The molecule has 2 rings (SSSR count). The average Bonchev–Trinajstić information content (AvgIpc) is 2.81. The van der Waals surface area contributed by atoms with Gasteiger partial charge in [0, 0.05) is 41.2 Å². The largest absolute Gasteiger partial charge is 0.352 e. The summed E-state index contributed by atoms with van der Waals surface area (Å²) in [5.74, 6) is -0.521. The number of nitrogens with one attached hydrogen (secondary N) is 1. The van der Waals surface area contributed by atoms with E-state index in [0.29, 0.717) is 27.7 Å². The maximum absolute atomic E-state index is 13.6. The monoisotopic (exact) mass is 583 g/mol. The molecule has 0 unspecified atom stereocenters. The lowest BCUT2D eigenvalue weighted by molar-refractivity contribution is -0.141. The molecule has 2 amide bonds. The predicted octanol–water partition coefficient (Wildman–Crippen LogP) is 5.88. The zero-order valence-corrected chi connectivity index (χ0v) is 25.4. The van der Waals surface area contributed by atoms with Crippen LogP contribution in [0.15, 0.2) is 36.4 Å². The number of carbonyl (C=O) groups excluding carboxylic acids is 2. The van der Waals surface area contributed by atoms with Crippen LogP contribution in [0.25, 0.3) is 0 Å². The lowest BCUT2D eigenvalue weighted by Gasteiger charge is -2.32. The van der Waals surface area contributed by atoms with Crippen LogP contribution in [0.1, 0.15) is 63.1 Å². The van der Waals surface area contributed by atoms with Gasteiger partial charge in [-0.1, -0.05) is 49.2 Å². The summed E-state index contributed by atoms with van der Waals surface area (Å²) in [6.07, 6.45) is 2.63. The third-order valence-electron chi connectivity index (χ3n) is 6.42. The molecule has 2 atom stereocenters. The number of anilines is 1. The normalized spacial score (nSPS) is 13.1. The fourth-order valence-corrected chi connectivity index (χ4v) is 5.78. The van der Waals surface area contributed by atoms with Crippen molar-refractivity contribution in [2.75, 3.05) is 17.1 Å². The summed E-state index contributed by atoms with van der Waals surface area (Å²) in [5.41, 5.74) is 3.03. The Morgan fingerprint density at radius 3 is 2.08 bits per heavy atom. The highest BCUT2D eigenvalue weighted by atomic mass is 35.5. The molecule has 10 heteroatoms. The third-order valence-corrected chi connectivity index (χ3v) is 8.33. The van der Waals surface area contributed by atoms with Gasteiger partial charge >= 0.3 is 0 Å². The van der Waals surface area contributed by atoms with Crippen LogP contribution in [0.4, 0.5) is 5.69 Å². The first kappa shape index (κ1) is 31.9. The second kappa shape index (κ2) is 14.2. The minimum atomic E-state index is -3.57. The second-order valence-electron chi connectivity index (χ2n) is 9.75. The predicted molar refractivity (Wildman–Crippen MR) is 156 cm³/mol. The number of amides is 2. The lowest BCUT2D eigenvalue weighted by Crippen LogP contribution is -2.50. The molecular formula is C28H39Cl2N3O4S. The van der Waals surface area contributed by atoms with E-state index in [0.717, 1.165) is 23.8 Å². The molecule has 0 bridgehead atoms. The zero-order valence-electron chi connectivity index (χ0n) is 23.1. The molecule has 0 spiro atoms. The fourth-order valence-electron chi connectivity index (χ4n) is 4.31. The van der Waals surface area contributed by atoms with Gasteiger partial charge in [-0.05, 0) is 75.4 Å². The highest BCUT2D eigenvalue weighted by Crippen LogP contribution is 2.28. The molecule has 0 heterocycles. The number of hydrogen-bond acceptors (Lipinski definition) is 4. The summed E-state index contributed by atoms with van der Waals surface area (Å²) in [7, 11) is -3.57. The topological polar surface area (TPSA) is 86.8 Å². The first-order valence-corrected chi connectivity index (χ1v) is 15.5. The van der Waals surface area contributed by atoms with Crippen LogP contribution in [-0.4, -0.2) is 50.0 Å². The molecular weight excluding hydrogens is 545 g/mol. The summed E-state index contributed by atoms with van der Waals surface area (Å²) in [6.45, 7) is 9.75. The molecule has 0 radical (unpaired) electrons. The van der Waals surface area contributed by atoms with E-state index >= 15 is 0 Å². The summed E-state index contributed by atoms with van der Waals surface area (Å²) in [5, 5.41) is 3.79. The Kier molecular flexibility index (Phi) is 11.9. The van der Waals surface area contributed by atoms with Crippen molar-refractivity contribution in [3.8, 4) is 0 Å². The summed E-state index contributed by atoms with van der Waals surface area (Å²) >= 11 is 12.8. The summed E-state index contributed by atoms with van der Waals surface area (Å²) < 4.78 is 26.5. The number of aryl methyl sites for hydroxylation is 2. The molecule has 38 heavy (non-hydrogen) atoms. The van der Waals surface area contributed by atoms with Crippen LogP contribution >= 0.6 is 23.2 Å². The van der Waals surface area contributed by atoms with Gasteiger partial charge in [-0.15, -0.1) is 0 Å². The number of benzene rings is 2. The molecule has 7 nitrogen and oxygen atoms in total. The molecule has 0 aliphatic carbocycles. The van der Waals surface area contributed by atoms with Crippen LogP contribution in [0, 0.1) is 13.8 Å². The van der Waals surface area contributed by atoms with Gasteiger partial charge in [0.15, 0.2) is 0 Å². The quantitative estimate of drug-likeness (QED) is 0.319. The molecule has 210 valence electrons. The van der Waals surface area contributed by atoms with Crippen molar-refractivity contribution >= 4 is 50.7 Å². The summed E-state index contributed by atoms with van der Waals surface area (Å²) in [4.78, 5) is 28.3. The number of halogens is 2. The first-order valence-electron chi connectivity index (χ1n) is 12.9. The van der Waals surface area contributed by atoms with Crippen molar-refractivity contribution in [1.29, 1.82) is 0 Å². The molecule has 1 N–H and O–H groups in total. The number of carbonyl (C=O) groups is 2. The Morgan fingerprint density at radius 2 is 1.58 bits per heavy atom. The highest BCUT2D eigenvalue weighted by molar-refractivity contribution is 7.92. The van der Waals surface area contributed by atoms with Crippen molar-refractivity contribution in [3.05, 3.63) is 63.1 Å². The van der Waals surface area contributed by atoms with E-state index in [9.17, 15) is 18.0 Å². The van der Waals surface area contributed by atoms with Crippen molar-refractivity contribution in [2.24, 2.45) is 0 Å². The maximum Gasteiger partial charge on any atom is 0.243 e. The van der Waals surface area contributed by atoms with Crippen LogP contribution in [-0.2, 0) is 26.2 Å². The molecule has 0 aliphatic heterocycles. The Morgan fingerprint density at radius 1 is 1.00 bits per heavy atom. The molecule has 0 aromatic heterocycles. The van der Waals surface area contributed by atoms with E-state index in [1.807, 2.05) is 52.8 Å². The number of nitrogens with zero attached hydrogens (tertiary/aromatic N) is 2. The standard InChI is InChI=1S/C28H39Cl2N3O4S/c1-7-21(5)31-28(35)26(8-2)32(18-23-24(29)11-9-12-25(23)30)27(34)13-10-14-33(38(6,36)37)22-16-19(3)15-20(4)17-22/h9,11-12,15-17,21,26H,7-8,10,13-14,18H2,1-6H3,(H,31,35)/t21-,26+/m0/s1. The zero-order chi connectivity index (χ0) is 28.6.